The molecular weight excluding hydrogens is 675 g/mol. The third-order valence-electron chi connectivity index (χ3n) is 10.3. The summed E-state index contributed by atoms with van der Waals surface area (Å²) in [4.78, 5) is 70.4. The summed E-state index contributed by atoms with van der Waals surface area (Å²) in [6, 6.07) is 15.1. The van der Waals surface area contributed by atoms with Gasteiger partial charge in [0.25, 0.3) is 11.8 Å². The van der Waals surface area contributed by atoms with E-state index in [0.717, 1.165) is 58.4 Å². The number of unbranched alkanes of at least 4 members (excludes halogenated alkanes) is 1. The molecule has 2 aliphatic rings. The first-order valence-corrected chi connectivity index (χ1v) is 18.0. The van der Waals surface area contributed by atoms with E-state index in [1.54, 1.807) is 32.1 Å². The maximum atomic E-state index is 14.7. The number of carbonyl (C=O) groups is 5. The fourth-order valence-electron chi connectivity index (χ4n) is 7.47. The number of aromatic nitrogens is 1. The fourth-order valence-corrected chi connectivity index (χ4v) is 7.47. The van der Waals surface area contributed by atoms with Gasteiger partial charge in [-0.05, 0) is 97.4 Å². The second-order valence-electron chi connectivity index (χ2n) is 13.3. The lowest BCUT2D eigenvalue weighted by molar-refractivity contribution is -0.112. The summed E-state index contributed by atoms with van der Waals surface area (Å²) in [7, 11) is 0. The number of ether oxygens (including phenoxy) is 1. The van der Waals surface area contributed by atoms with Crippen LogP contribution in [0.1, 0.15) is 92.5 Å². The Morgan fingerprint density at radius 1 is 1.02 bits per heavy atom. The van der Waals surface area contributed by atoms with E-state index < -0.39 is 23.7 Å². The molecule has 0 saturated carbocycles. The van der Waals surface area contributed by atoms with Crippen molar-refractivity contribution in [1.82, 2.24) is 15.2 Å². The van der Waals surface area contributed by atoms with Crippen molar-refractivity contribution < 1.29 is 33.1 Å². The number of rotatable bonds is 14. The van der Waals surface area contributed by atoms with E-state index in [1.807, 2.05) is 24.3 Å². The molecule has 3 amide bonds. The summed E-state index contributed by atoms with van der Waals surface area (Å²) in [6.45, 7) is 10.5. The van der Waals surface area contributed by atoms with Crippen LogP contribution in [-0.4, -0.2) is 73.1 Å². The lowest BCUT2D eigenvalue weighted by Gasteiger charge is -2.19. The van der Waals surface area contributed by atoms with E-state index in [1.165, 1.54) is 18.2 Å². The monoisotopic (exact) mass is 718 g/mol. The highest BCUT2D eigenvalue weighted by molar-refractivity contribution is 6.41. The van der Waals surface area contributed by atoms with Crippen LogP contribution in [0.5, 0.6) is 0 Å². The number of fused-ring (bicyclic) bond motifs is 4. The predicted molar refractivity (Wildman–Crippen MR) is 202 cm³/mol. The van der Waals surface area contributed by atoms with Gasteiger partial charge in [-0.3, -0.25) is 14.4 Å². The fraction of sp³-hybridized carbons (Fsp3) is 0.310. The summed E-state index contributed by atoms with van der Waals surface area (Å²) in [5.74, 6) is -1.94. The Bertz CT molecular complexity index is 2130. The average molecular weight is 719 g/mol. The maximum absolute atomic E-state index is 14.7. The van der Waals surface area contributed by atoms with E-state index in [4.69, 9.17) is 4.74 Å². The Labute approximate surface area is 308 Å². The van der Waals surface area contributed by atoms with Crippen LogP contribution in [0.3, 0.4) is 0 Å². The first kappa shape index (κ1) is 37.1. The Hall–Kier alpha value is -5.68. The summed E-state index contributed by atoms with van der Waals surface area (Å²) in [5.41, 5.74) is 7.50. The Morgan fingerprint density at radius 2 is 1.81 bits per heavy atom. The average Bonchev–Trinajstić information content (AvgIpc) is 3.73. The molecule has 2 N–H and O–H groups in total. The number of halogens is 1. The summed E-state index contributed by atoms with van der Waals surface area (Å²) < 4.78 is 20.5. The standard InChI is InChI=1S/C42H43FN4O6/c1-5-46(6-2)18-17-44-40(50)38-25(3)36(45-26(38)4)22-34-33-21-29(43)14-16-37(33)47(41(34)51)42(52)53-24-35-30-12-9-11-28(23-49)39(30)31-15-13-27(20-32(31)35)10-7-8-19-48/h9,11-16,19-23,35,45H,5-8,10,17-18,24H2,1-4H3,(H,44,50)/b34-22-. The third-order valence-corrected chi connectivity index (χ3v) is 10.3. The van der Waals surface area contributed by atoms with Crippen molar-refractivity contribution in [2.45, 2.75) is 52.9 Å². The van der Waals surface area contributed by atoms with Crippen LogP contribution in [-0.2, 0) is 20.7 Å². The van der Waals surface area contributed by atoms with Crippen LogP contribution in [0.25, 0.3) is 22.8 Å². The first-order chi connectivity index (χ1) is 25.6. The number of nitrogens with one attached hydrogen (secondary N) is 2. The molecule has 0 bridgehead atoms. The third kappa shape index (κ3) is 7.21. The van der Waals surface area contributed by atoms with Crippen LogP contribution in [0.2, 0.25) is 0 Å². The van der Waals surface area contributed by atoms with Gasteiger partial charge >= 0.3 is 6.09 Å². The van der Waals surface area contributed by atoms with Crippen molar-refractivity contribution in [1.29, 1.82) is 0 Å². The van der Waals surface area contributed by atoms with Crippen LogP contribution in [0, 0.1) is 19.7 Å². The van der Waals surface area contributed by atoms with E-state index in [2.05, 4.69) is 29.0 Å². The summed E-state index contributed by atoms with van der Waals surface area (Å²) in [5, 5.41) is 2.97. The van der Waals surface area contributed by atoms with Crippen molar-refractivity contribution >= 4 is 47.8 Å². The number of imide groups is 1. The molecule has 0 spiro atoms. The molecule has 53 heavy (non-hydrogen) atoms. The van der Waals surface area contributed by atoms with Gasteiger partial charge in [0.15, 0.2) is 6.29 Å². The van der Waals surface area contributed by atoms with Gasteiger partial charge in [-0.25, -0.2) is 14.1 Å². The van der Waals surface area contributed by atoms with Gasteiger partial charge in [0.2, 0.25) is 0 Å². The second kappa shape index (κ2) is 15.9. The number of likely N-dealkylation sites (N-methyl/N-ethyl adjacent to an activating group) is 1. The molecule has 4 aromatic rings. The molecule has 1 unspecified atom stereocenters. The van der Waals surface area contributed by atoms with Gasteiger partial charge in [-0.15, -0.1) is 0 Å². The number of anilines is 1. The molecule has 2 heterocycles. The molecule has 11 heteroatoms. The number of H-pyrrole nitrogens is 1. The maximum Gasteiger partial charge on any atom is 0.421 e. The Morgan fingerprint density at radius 3 is 2.55 bits per heavy atom. The summed E-state index contributed by atoms with van der Waals surface area (Å²) >= 11 is 0. The molecule has 1 aliphatic heterocycles. The molecular formula is C42H43FN4O6. The Kier molecular flexibility index (Phi) is 11.1. The number of aryl methyl sites for hydroxylation is 2. The largest absolute Gasteiger partial charge is 0.448 e. The number of nitrogens with zero attached hydrogens (tertiary/aromatic N) is 2. The number of hydrogen-bond acceptors (Lipinski definition) is 7. The van der Waals surface area contributed by atoms with Gasteiger partial charge in [-0.1, -0.05) is 50.2 Å². The smallest absolute Gasteiger partial charge is 0.421 e. The van der Waals surface area contributed by atoms with Crippen molar-refractivity contribution in [3.63, 3.8) is 0 Å². The minimum atomic E-state index is -0.928. The topological polar surface area (TPSA) is 129 Å². The van der Waals surface area contributed by atoms with E-state index >= 15 is 0 Å². The number of amides is 3. The van der Waals surface area contributed by atoms with E-state index in [9.17, 15) is 28.4 Å². The second-order valence-corrected chi connectivity index (χ2v) is 13.3. The molecule has 3 aromatic carbocycles. The number of benzene rings is 3. The van der Waals surface area contributed by atoms with Gasteiger partial charge in [0.05, 0.1) is 16.8 Å². The predicted octanol–water partition coefficient (Wildman–Crippen LogP) is 7.01. The van der Waals surface area contributed by atoms with Crippen LogP contribution >= 0.6 is 0 Å². The zero-order chi connectivity index (χ0) is 37.8. The molecule has 0 fully saturated rings. The molecule has 1 aliphatic carbocycles. The van der Waals surface area contributed by atoms with E-state index in [-0.39, 0.29) is 29.3 Å². The van der Waals surface area contributed by atoms with Crippen molar-refractivity contribution in [3.05, 3.63) is 111 Å². The molecule has 0 radical (unpaired) electrons. The molecule has 1 atom stereocenters. The number of hydrogen-bond donors (Lipinski definition) is 2. The van der Waals surface area contributed by atoms with Gasteiger partial charge < -0.3 is 24.7 Å². The molecule has 10 nitrogen and oxygen atoms in total. The molecule has 0 saturated heterocycles. The highest BCUT2D eigenvalue weighted by Crippen LogP contribution is 2.47. The normalized spacial score (nSPS) is 15.1. The SMILES string of the molecule is CCN(CC)CCNC(=O)c1c(C)[nH]c(/C=C2\C(=O)N(C(=O)OCC3c4cc(CCCC=O)ccc4-c4c(C=O)cccc43)c3ccc(F)cc32)c1C. The van der Waals surface area contributed by atoms with Crippen molar-refractivity contribution in [3.8, 4) is 11.1 Å². The molecule has 6 rings (SSSR count). The number of aromatic amines is 1. The lowest BCUT2D eigenvalue weighted by Crippen LogP contribution is -2.35. The van der Waals surface area contributed by atoms with Gasteiger partial charge in [-0.2, -0.15) is 0 Å². The zero-order valence-electron chi connectivity index (χ0n) is 30.4. The summed E-state index contributed by atoms with van der Waals surface area (Å²) in [6.07, 6.45) is 4.12. The highest BCUT2D eigenvalue weighted by Gasteiger charge is 2.40. The van der Waals surface area contributed by atoms with Crippen molar-refractivity contribution in [2.24, 2.45) is 0 Å². The van der Waals surface area contributed by atoms with E-state index in [0.29, 0.717) is 60.4 Å². The van der Waals surface area contributed by atoms with Gasteiger partial charge in [0.1, 0.15) is 18.7 Å². The molecule has 1 aromatic heterocycles. The Balaban J connectivity index is 1.26. The quantitative estimate of drug-likeness (QED) is 0.0816. The van der Waals surface area contributed by atoms with Crippen LogP contribution in [0.4, 0.5) is 14.9 Å². The van der Waals surface area contributed by atoms with Crippen molar-refractivity contribution in [2.75, 3.05) is 37.7 Å². The molecule has 274 valence electrons. The van der Waals surface area contributed by atoms with Crippen LogP contribution in [0.15, 0.2) is 54.6 Å². The number of carbonyl (C=O) groups excluding carboxylic acids is 5. The lowest BCUT2D eigenvalue weighted by atomic mass is 9.95. The zero-order valence-corrected chi connectivity index (χ0v) is 30.4. The van der Waals surface area contributed by atoms with Gasteiger partial charge in [0, 0.05) is 47.9 Å². The first-order valence-electron chi connectivity index (χ1n) is 18.0. The minimum absolute atomic E-state index is 0.0708. The minimum Gasteiger partial charge on any atom is -0.448 e. The highest BCUT2D eigenvalue weighted by atomic mass is 19.1. The van der Waals surface area contributed by atoms with Crippen LogP contribution < -0.4 is 10.2 Å². The number of aldehydes is 2.